The highest BCUT2D eigenvalue weighted by atomic mass is 16.2. The van der Waals surface area contributed by atoms with Gasteiger partial charge >= 0.3 is 0 Å². The largest absolute Gasteiger partial charge is 0.322 e. The fraction of sp³-hybridized carbons (Fsp3) is 0.250. The van der Waals surface area contributed by atoms with Gasteiger partial charge in [0.15, 0.2) is 0 Å². The van der Waals surface area contributed by atoms with Crippen LogP contribution in [0.25, 0.3) is 0 Å². The van der Waals surface area contributed by atoms with Gasteiger partial charge in [0.05, 0.1) is 17.3 Å². The summed E-state index contributed by atoms with van der Waals surface area (Å²) in [6.45, 7) is 0.769. The van der Waals surface area contributed by atoms with Crippen LogP contribution < -0.4 is 10.2 Å². The number of nitrogens with zero attached hydrogens (tertiary/aromatic N) is 2. The summed E-state index contributed by atoms with van der Waals surface area (Å²) in [4.78, 5) is 26.6. The fourth-order valence-electron chi connectivity index (χ4n) is 3.65. The molecule has 124 valence electrons. The Hall–Kier alpha value is -3.13. The molecule has 0 radical (unpaired) electrons. The van der Waals surface area contributed by atoms with Crippen molar-refractivity contribution in [1.29, 1.82) is 5.26 Å². The number of amides is 2. The summed E-state index contributed by atoms with van der Waals surface area (Å²) in [5.41, 5.74) is 4.89. The number of nitriles is 1. The molecular formula is C20H17N3O2. The van der Waals surface area contributed by atoms with E-state index in [1.807, 2.05) is 17.0 Å². The lowest BCUT2D eigenvalue weighted by Crippen LogP contribution is -2.39. The van der Waals surface area contributed by atoms with Crippen molar-refractivity contribution in [2.75, 3.05) is 16.8 Å². The zero-order valence-corrected chi connectivity index (χ0v) is 13.7. The summed E-state index contributed by atoms with van der Waals surface area (Å²) in [7, 11) is 0. The van der Waals surface area contributed by atoms with Crippen molar-refractivity contribution in [3.05, 3.63) is 58.7 Å². The van der Waals surface area contributed by atoms with Crippen LogP contribution in [0.15, 0.2) is 36.4 Å². The lowest BCUT2D eigenvalue weighted by atomic mass is 9.89. The summed E-state index contributed by atoms with van der Waals surface area (Å²) < 4.78 is 0. The Balaban J connectivity index is 1.66. The second-order valence-corrected chi connectivity index (χ2v) is 6.44. The van der Waals surface area contributed by atoms with Crippen molar-refractivity contribution >= 4 is 23.2 Å². The van der Waals surface area contributed by atoms with Gasteiger partial charge in [-0.25, -0.2) is 0 Å². The van der Waals surface area contributed by atoms with Crippen LogP contribution >= 0.6 is 0 Å². The van der Waals surface area contributed by atoms with Crippen molar-refractivity contribution in [2.24, 2.45) is 0 Å². The van der Waals surface area contributed by atoms with Crippen molar-refractivity contribution in [1.82, 2.24) is 0 Å². The van der Waals surface area contributed by atoms with Crippen LogP contribution in [0.4, 0.5) is 11.4 Å². The highest BCUT2D eigenvalue weighted by molar-refractivity contribution is 6.06. The van der Waals surface area contributed by atoms with Crippen LogP contribution in [0.2, 0.25) is 0 Å². The third-order valence-corrected chi connectivity index (χ3v) is 4.79. The number of carbonyl (C=O) groups excluding carboxylic acids is 2. The van der Waals surface area contributed by atoms with E-state index >= 15 is 0 Å². The second-order valence-electron chi connectivity index (χ2n) is 6.44. The number of rotatable bonds is 2. The highest BCUT2D eigenvalue weighted by Gasteiger charge is 2.30. The highest BCUT2D eigenvalue weighted by Crippen LogP contribution is 2.36. The Bertz CT molecular complexity index is 910. The first-order chi connectivity index (χ1) is 12.2. The first-order valence-corrected chi connectivity index (χ1v) is 8.43. The molecule has 0 saturated heterocycles. The quantitative estimate of drug-likeness (QED) is 0.919. The summed E-state index contributed by atoms with van der Waals surface area (Å²) in [6.07, 6.45) is 3.00. The molecule has 2 amide bonds. The van der Waals surface area contributed by atoms with Crippen LogP contribution in [0, 0.1) is 11.3 Å². The Kier molecular flexibility index (Phi) is 3.73. The lowest BCUT2D eigenvalue weighted by molar-refractivity contribution is -0.119. The molecule has 25 heavy (non-hydrogen) atoms. The topological polar surface area (TPSA) is 73.2 Å². The summed E-state index contributed by atoms with van der Waals surface area (Å²) in [5, 5.41) is 11.8. The van der Waals surface area contributed by atoms with Gasteiger partial charge in [0.2, 0.25) is 5.91 Å². The van der Waals surface area contributed by atoms with Gasteiger partial charge in [-0.1, -0.05) is 6.07 Å². The molecule has 2 heterocycles. The predicted octanol–water partition coefficient (Wildman–Crippen LogP) is 3.04. The molecule has 2 aromatic rings. The minimum absolute atomic E-state index is 0.180. The van der Waals surface area contributed by atoms with E-state index < -0.39 is 0 Å². The number of hydrogen-bond donors (Lipinski definition) is 1. The first-order valence-electron chi connectivity index (χ1n) is 8.43. The van der Waals surface area contributed by atoms with E-state index in [1.165, 1.54) is 0 Å². The van der Waals surface area contributed by atoms with E-state index in [1.54, 1.807) is 24.3 Å². The van der Waals surface area contributed by atoms with Crippen LogP contribution in [-0.2, 0) is 17.6 Å². The predicted molar refractivity (Wildman–Crippen MR) is 94.5 cm³/mol. The average Bonchev–Trinajstić information content (AvgIpc) is 2.64. The molecule has 0 fully saturated rings. The number of nitrogens with one attached hydrogen (secondary N) is 1. The molecular weight excluding hydrogens is 314 g/mol. The summed E-state index contributed by atoms with van der Waals surface area (Å²) in [6, 6.07) is 12.7. The molecule has 5 heteroatoms. The molecule has 0 unspecified atom stereocenters. The number of carbonyl (C=O) groups is 2. The van der Waals surface area contributed by atoms with Crippen LogP contribution in [-0.4, -0.2) is 18.4 Å². The third kappa shape index (κ3) is 2.76. The Morgan fingerprint density at radius 2 is 1.92 bits per heavy atom. The zero-order valence-electron chi connectivity index (χ0n) is 13.7. The van der Waals surface area contributed by atoms with Crippen LogP contribution in [0.1, 0.15) is 39.9 Å². The van der Waals surface area contributed by atoms with Gasteiger partial charge in [-0.05, 0) is 60.7 Å². The number of anilines is 2. The molecule has 5 nitrogen and oxygen atoms in total. The van der Waals surface area contributed by atoms with Gasteiger partial charge in [-0.15, -0.1) is 0 Å². The van der Waals surface area contributed by atoms with E-state index in [-0.39, 0.29) is 11.8 Å². The van der Waals surface area contributed by atoms with Crippen molar-refractivity contribution in [2.45, 2.75) is 25.7 Å². The molecule has 0 saturated carbocycles. The molecule has 2 aromatic carbocycles. The van der Waals surface area contributed by atoms with E-state index in [4.69, 9.17) is 5.26 Å². The number of hydrogen-bond acceptors (Lipinski definition) is 3. The monoisotopic (exact) mass is 331 g/mol. The normalized spacial score (nSPS) is 15.3. The maximum atomic E-state index is 12.7. The zero-order chi connectivity index (χ0) is 17.4. The third-order valence-electron chi connectivity index (χ3n) is 4.79. The van der Waals surface area contributed by atoms with Gasteiger partial charge in [0, 0.05) is 24.2 Å². The van der Waals surface area contributed by atoms with Gasteiger partial charge in [-0.3, -0.25) is 9.59 Å². The maximum absolute atomic E-state index is 12.7. The van der Waals surface area contributed by atoms with Gasteiger partial charge < -0.3 is 10.2 Å². The van der Waals surface area contributed by atoms with Gasteiger partial charge in [-0.2, -0.15) is 5.26 Å². The average molecular weight is 331 g/mol. The van der Waals surface area contributed by atoms with E-state index in [0.29, 0.717) is 29.7 Å². The first kappa shape index (κ1) is 15.4. The number of benzene rings is 2. The van der Waals surface area contributed by atoms with Crippen molar-refractivity contribution in [3.8, 4) is 6.07 Å². The molecule has 2 aliphatic rings. The number of aryl methyl sites for hydroxylation is 2. The maximum Gasteiger partial charge on any atom is 0.255 e. The van der Waals surface area contributed by atoms with Crippen molar-refractivity contribution < 1.29 is 9.59 Å². The molecule has 0 atom stereocenters. The fourth-order valence-corrected chi connectivity index (χ4v) is 3.65. The molecule has 0 spiro atoms. The lowest BCUT2D eigenvalue weighted by Gasteiger charge is -2.35. The minimum atomic E-state index is -0.192. The molecule has 1 N–H and O–H groups in total. The summed E-state index contributed by atoms with van der Waals surface area (Å²) >= 11 is 0. The second kappa shape index (κ2) is 6.06. The van der Waals surface area contributed by atoms with Crippen LogP contribution in [0.3, 0.4) is 0 Å². The van der Waals surface area contributed by atoms with E-state index in [2.05, 4.69) is 11.4 Å². The Labute approximate surface area is 145 Å². The molecule has 0 bridgehead atoms. The Morgan fingerprint density at radius 1 is 1.12 bits per heavy atom. The summed E-state index contributed by atoms with van der Waals surface area (Å²) in [5.74, 6) is -0.0119. The minimum Gasteiger partial charge on any atom is -0.322 e. The van der Waals surface area contributed by atoms with E-state index in [9.17, 15) is 9.59 Å². The molecule has 0 aliphatic carbocycles. The van der Waals surface area contributed by atoms with Crippen molar-refractivity contribution in [3.63, 3.8) is 0 Å². The SMILES string of the molecule is N#Cc1cccc(NC(=O)c2cc3c4c(c2)CCC(=O)N4CCC3)c1. The van der Waals surface area contributed by atoms with Crippen LogP contribution in [0.5, 0.6) is 0 Å². The standard InChI is InChI=1S/C20H17N3O2/c21-12-13-3-1-5-17(9-13)22-20(25)16-10-14-4-2-8-23-18(24)7-6-15(11-16)19(14)23/h1,3,5,9-11H,2,4,6-8H2,(H,22,25). The molecule has 0 aromatic heterocycles. The molecule has 4 rings (SSSR count). The molecule has 2 aliphatic heterocycles. The smallest absolute Gasteiger partial charge is 0.255 e. The van der Waals surface area contributed by atoms with Gasteiger partial charge in [0.25, 0.3) is 5.91 Å². The van der Waals surface area contributed by atoms with Gasteiger partial charge in [0.1, 0.15) is 0 Å². The Morgan fingerprint density at radius 3 is 2.72 bits per heavy atom. The van der Waals surface area contributed by atoms with E-state index in [0.717, 1.165) is 36.2 Å².